The summed E-state index contributed by atoms with van der Waals surface area (Å²) in [5.41, 5.74) is 2.28. The Bertz CT molecular complexity index is 458. The summed E-state index contributed by atoms with van der Waals surface area (Å²) in [6, 6.07) is 7.29. The second-order valence-electron chi connectivity index (χ2n) is 4.41. The van der Waals surface area contributed by atoms with Crippen molar-refractivity contribution in [3.63, 3.8) is 0 Å². The van der Waals surface area contributed by atoms with Gasteiger partial charge in [0.05, 0.1) is 5.25 Å². The molecule has 1 heterocycles. The monoisotopic (exact) mass is 265 g/mol. The van der Waals surface area contributed by atoms with Crippen molar-refractivity contribution in [1.29, 1.82) is 0 Å². The van der Waals surface area contributed by atoms with Gasteiger partial charge in [0.25, 0.3) is 0 Å². The summed E-state index contributed by atoms with van der Waals surface area (Å²) in [5.74, 6) is -0.721. The van der Waals surface area contributed by atoms with E-state index in [0.29, 0.717) is 12.2 Å². The highest BCUT2D eigenvalue weighted by Crippen LogP contribution is 2.22. The van der Waals surface area contributed by atoms with Gasteiger partial charge in [0.15, 0.2) is 0 Å². The van der Waals surface area contributed by atoms with Gasteiger partial charge >= 0.3 is 5.97 Å². The average Bonchev–Trinajstić information content (AvgIpc) is 2.34. The Kier molecular flexibility index (Phi) is 3.91. The van der Waals surface area contributed by atoms with Crippen LogP contribution in [0.4, 0.5) is 0 Å². The molecule has 0 spiro atoms. The molecular weight excluding hydrogens is 250 g/mol. The lowest BCUT2D eigenvalue weighted by Gasteiger charge is -2.26. The maximum absolute atomic E-state index is 11.8. The van der Waals surface area contributed by atoms with Crippen LogP contribution in [0.15, 0.2) is 24.3 Å². The molecule has 4 nitrogen and oxygen atoms in total. The molecule has 1 aliphatic heterocycles. The average molecular weight is 265 g/mol. The van der Waals surface area contributed by atoms with Gasteiger partial charge in [-0.25, -0.2) is 4.79 Å². The lowest BCUT2D eigenvalue weighted by atomic mass is 10.1. The topological polar surface area (TPSA) is 66.4 Å². The molecule has 0 radical (unpaired) electrons. The van der Waals surface area contributed by atoms with Crippen molar-refractivity contribution >= 4 is 23.6 Å². The van der Waals surface area contributed by atoms with Crippen molar-refractivity contribution in [1.82, 2.24) is 5.32 Å². The Morgan fingerprint density at radius 2 is 2.11 bits per heavy atom. The molecule has 96 valence electrons. The van der Waals surface area contributed by atoms with Gasteiger partial charge in [-0.3, -0.25) is 4.79 Å². The molecular formula is C13H15NO3S. The summed E-state index contributed by atoms with van der Waals surface area (Å²) in [6.07, 6.45) is 0.642. The minimum atomic E-state index is -0.968. The molecule has 1 saturated heterocycles. The fraction of sp³-hybridized carbons (Fsp3) is 0.385. The zero-order valence-electron chi connectivity index (χ0n) is 10.1. The first kappa shape index (κ1) is 13.0. The number of aliphatic carboxylic acids is 1. The Balaban J connectivity index is 1.97. The first-order valence-electron chi connectivity index (χ1n) is 5.76. The number of rotatable bonds is 3. The molecule has 1 amide bonds. The maximum atomic E-state index is 11.8. The number of hydrogen-bond acceptors (Lipinski definition) is 3. The third-order valence-electron chi connectivity index (χ3n) is 2.91. The number of thioether (sulfide) groups is 1. The number of carboxylic acids is 1. The lowest BCUT2D eigenvalue weighted by molar-refractivity contribution is -0.141. The molecule has 1 fully saturated rings. The van der Waals surface area contributed by atoms with Crippen LogP contribution in [0, 0.1) is 6.92 Å². The van der Waals surface area contributed by atoms with Crippen molar-refractivity contribution in [2.45, 2.75) is 24.6 Å². The summed E-state index contributed by atoms with van der Waals surface area (Å²) in [7, 11) is 0. The molecule has 2 atom stereocenters. The quantitative estimate of drug-likeness (QED) is 0.862. The van der Waals surface area contributed by atoms with Crippen LogP contribution in [0.3, 0.4) is 0 Å². The molecule has 0 aromatic heterocycles. The Labute approximate surface area is 110 Å². The molecule has 0 bridgehead atoms. The highest BCUT2D eigenvalue weighted by molar-refractivity contribution is 8.00. The van der Waals surface area contributed by atoms with Crippen LogP contribution in [0.1, 0.15) is 11.1 Å². The van der Waals surface area contributed by atoms with E-state index < -0.39 is 12.0 Å². The highest BCUT2D eigenvalue weighted by atomic mass is 32.2. The van der Waals surface area contributed by atoms with E-state index in [9.17, 15) is 9.59 Å². The molecule has 0 unspecified atom stereocenters. The summed E-state index contributed by atoms with van der Waals surface area (Å²) >= 11 is 1.41. The largest absolute Gasteiger partial charge is 0.480 e. The minimum Gasteiger partial charge on any atom is -0.480 e. The van der Waals surface area contributed by atoms with Crippen LogP contribution in [0.25, 0.3) is 0 Å². The number of carbonyl (C=O) groups is 2. The highest BCUT2D eigenvalue weighted by Gasteiger charge is 2.31. The van der Waals surface area contributed by atoms with E-state index in [2.05, 4.69) is 5.32 Å². The van der Waals surface area contributed by atoms with Crippen LogP contribution < -0.4 is 5.32 Å². The second kappa shape index (κ2) is 5.44. The van der Waals surface area contributed by atoms with Gasteiger partial charge in [-0.15, -0.1) is 11.8 Å². The zero-order valence-corrected chi connectivity index (χ0v) is 10.9. The fourth-order valence-corrected chi connectivity index (χ4v) is 3.00. The molecule has 0 aliphatic carbocycles. The maximum Gasteiger partial charge on any atom is 0.327 e. The van der Waals surface area contributed by atoms with E-state index in [1.165, 1.54) is 17.3 Å². The van der Waals surface area contributed by atoms with E-state index >= 15 is 0 Å². The number of amides is 1. The molecule has 1 aromatic carbocycles. The number of benzene rings is 1. The predicted molar refractivity (Wildman–Crippen MR) is 70.7 cm³/mol. The summed E-state index contributed by atoms with van der Waals surface area (Å²) < 4.78 is 0. The van der Waals surface area contributed by atoms with Crippen molar-refractivity contribution < 1.29 is 14.7 Å². The van der Waals surface area contributed by atoms with Crippen molar-refractivity contribution in [3.8, 4) is 0 Å². The standard InChI is InChI=1S/C13H15NO3S/c1-8-2-4-9(5-3-8)6-11-12(15)14-10(7-18-11)13(16)17/h2-5,10-11H,6-7H2,1H3,(H,14,15)(H,16,17)/t10-,11-/m0/s1. The predicted octanol–water partition coefficient (Wildman–Crippen LogP) is 1.22. The van der Waals surface area contributed by atoms with Crippen LogP contribution in [-0.4, -0.2) is 34.0 Å². The van der Waals surface area contributed by atoms with Gasteiger partial charge in [0.2, 0.25) is 5.91 Å². The molecule has 5 heteroatoms. The third-order valence-corrected chi connectivity index (χ3v) is 4.22. The number of hydrogen-bond donors (Lipinski definition) is 2. The van der Waals surface area contributed by atoms with Crippen LogP contribution in [0.2, 0.25) is 0 Å². The van der Waals surface area contributed by atoms with Gasteiger partial charge < -0.3 is 10.4 Å². The van der Waals surface area contributed by atoms with Gasteiger partial charge in [-0.2, -0.15) is 0 Å². The van der Waals surface area contributed by atoms with Gasteiger partial charge in [0.1, 0.15) is 6.04 Å². The second-order valence-corrected chi connectivity index (χ2v) is 5.65. The van der Waals surface area contributed by atoms with Crippen LogP contribution in [0.5, 0.6) is 0 Å². The molecule has 2 rings (SSSR count). The summed E-state index contributed by atoms with van der Waals surface area (Å²) in [6.45, 7) is 2.02. The molecule has 0 saturated carbocycles. The minimum absolute atomic E-state index is 0.181. The summed E-state index contributed by atoms with van der Waals surface area (Å²) in [4.78, 5) is 22.6. The van der Waals surface area contributed by atoms with Crippen LogP contribution >= 0.6 is 11.8 Å². The van der Waals surface area contributed by atoms with E-state index in [1.54, 1.807) is 0 Å². The molecule has 18 heavy (non-hydrogen) atoms. The van der Waals surface area contributed by atoms with E-state index in [4.69, 9.17) is 5.11 Å². The van der Waals surface area contributed by atoms with Crippen molar-refractivity contribution in [3.05, 3.63) is 35.4 Å². The van der Waals surface area contributed by atoms with E-state index in [1.807, 2.05) is 31.2 Å². The molecule has 1 aliphatic rings. The Morgan fingerprint density at radius 1 is 1.44 bits per heavy atom. The van der Waals surface area contributed by atoms with Gasteiger partial charge in [0, 0.05) is 5.75 Å². The number of carboxylic acid groups (broad SMARTS) is 1. The normalized spacial score (nSPS) is 23.5. The fourth-order valence-electron chi connectivity index (χ4n) is 1.82. The van der Waals surface area contributed by atoms with E-state index in [0.717, 1.165) is 5.56 Å². The Morgan fingerprint density at radius 3 is 2.67 bits per heavy atom. The first-order chi connectivity index (χ1) is 8.56. The summed E-state index contributed by atoms with van der Waals surface area (Å²) in [5, 5.41) is 11.2. The number of carbonyl (C=O) groups excluding carboxylic acids is 1. The van der Waals surface area contributed by atoms with Crippen molar-refractivity contribution in [2.75, 3.05) is 5.75 Å². The smallest absolute Gasteiger partial charge is 0.327 e. The first-order valence-corrected chi connectivity index (χ1v) is 6.81. The van der Waals surface area contributed by atoms with Gasteiger partial charge in [-0.05, 0) is 18.9 Å². The van der Waals surface area contributed by atoms with E-state index in [-0.39, 0.29) is 11.2 Å². The number of nitrogens with one attached hydrogen (secondary N) is 1. The lowest BCUT2D eigenvalue weighted by Crippen LogP contribution is -2.51. The molecule has 2 N–H and O–H groups in total. The van der Waals surface area contributed by atoms with Gasteiger partial charge in [-0.1, -0.05) is 29.8 Å². The number of aryl methyl sites for hydroxylation is 1. The van der Waals surface area contributed by atoms with Crippen molar-refractivity contribution in [2.24, 2.45) is 0 Å². The Hall–Kier alpha value is -1.49. The molecule has 1 aromatic rings. The third kappa shape index (κ3) is 3.04. The zero-order chi connectivity index (χ0) is 13.1. The van der Waals surface area contributed by atoms with Crippen LogP contribution in [-0.2, 0) is 16.0 Å². The SMILES string of the molecule is Cc1ccc(C[C@@H]2SC[C@@H](C(=O)O)NC2=O)cc1.